The van der Waals surface area contributed by atoms with Gasteiger partial charge in [0.2, 0.25) is 0 Å². The van der Waals surface area contributed by atoms with Gasteiger partial charge >= 0.3 is 0 Å². The minimum atomic E-state index is -0.0981. The number of amides is 1. The lowest BCUT2D eigenvalue weighted by atomic mass is 9.27. The van der Waals surface area contributed by atoms with E-state index >= 15 is 0 Å². The van der Waals surface area contributed by atoms with Gasteiger partial charge in [0, 0.05) is 5.56 Å². The summed E-state index contributed by atoms with van der Waals surface area (Å²) in [4.78, 5) is 12.0. The molecule has 1 amide bonds. The van der Waals surface area contributed by atoms with Crippen LogP contribution in [0.1, 0.15) is 10.4 Å². The van der Waals surface area contributed by atoms with Crippen LogP contribution in [0.5, 0.6) is 0 Å². The van der Waals surface area contributed by atoms with Crippen LogP contribution >= 0.6 is 0 Å². The van der Waals surface area contributed by atoms with Crippen molar-refractivity contribution in [3.8, 4) is 0 Å². The molecule has 1 rings (SSSR count). The molecule has 0 aliphatic rings. The molecule has 9 heteroatoms. The number of rotatable bonds is 5. The predicted octanol–water partition coefficient (Wildman–Crippen LogP) is -4.76. The van der Waals surface area contributed by atoms with E-state index in [2.05, 4.69) is 57.9 Å². The fourth-order valence-electron chi connectivity index (χ4n) is 2.53. The zero-order valence-electron chi connectivity index (χ0n) is 12.9. The molecule has 1 aromatic carbocycles. The largest absolute Gasteiger partial charge is 0.287 e. The van der Waals surface area contributed by atoms with Gasteiger partial charge in [0.25, 0.3) is 5.91 Å². The molecule has 0 spiro atoms. The summed E-state index contributed by atoms with van der Waals surface area (Å²) in [6.07, 6.45) is 0. The summed E-state index contributed by atoms with van der Waals surface area (Å²) in [6.45, 7) is 0. The minimum Gasteiger partial charge on any atom is -0.287 e. The van der Waals surface area contributed by atoms with Crippen molar-refractivity contribution in [2.45, 2.75) is 16.3 Å². The highest BCUT2D eigenvalue weighted by atomic mass is 16.2. The van der Waals surface area contributed by atoms with Crippen molar-refractivity contribution in [3.05, 3.63) is 35.9 Å². The van der Waals surface area contributed by atoms with Crippen molar-refractivity contribution in [3.63, 3.8) is 0 Å². The van der Waals surface area contributed by atoms with Crippen LogP contribution in [-0.4, -0.2) is 59.0 Å². The number of hydrazine groups is 1. The Bertz CT molecular complexity index is 414. The molecule has 0 bridgehead atoms. The summed E-state index contributed by atoms with van der Waals surface area (Å²) in [5.74, 6) is -0.0981. The van der Waals surface area contributed by atoms with E-state index in [1.807, 2.05) is 18.2 Å². The minimum absolute atomic E-state index is 0.0578. The predicted molar refractivity (Wildman–Crippen MR) is 97.5 cm³/mol. The maximum absolute atomic E-state index is 12.0. The van der Waals surface area contributed by atoms with Gasteiger partial charge < -0.3 is 0 Å². The molecule has 0 fully saturated rings. The Labute approximate surface area is 121 Å². The van der Waals surface area contributed by atoms with Gasteiger partial charge in [0.05, 0.1) is 47.1 Å². The van der Waals surface area contributed by atoms with Crippen LogP contribution in [0.2, 0.25) is 10.2 Å². The SMILES string of the molecule is BC(B)(B)C(NNC(=O)c1ccccc1)C(B)(B)B. The molecule has 0 unspecified atom stereocenters. The molecule has 0 saturated heterocycles. The first kappa shape index (κ1) is 16.1. The zero-order chi connectivity index (χ0) is 14.7. The monoisotopic (exact) mass is 250 g/mol. The third-order valence-electron chi connectivity index (χ3n) is 3.10. The van der Waals surface area contributed by atoms with E-state index in [-0.39, 0.29) is 22.2 Å². The van der Waals surface area contributed by atoms with E-state index < -0.39 is 0 Å². The zero-order valence-corrected chi connectivity index (χ0v) is 12.9. The number of benzene rings is 1. The second-order valence-electron chi connectivity index (χ2n) is 7.13. The molecule has 2 N–H and O–H groups in total. The molecule has 0 aliphatic carbocycles. The van der Waals surface area contributed by atoms with Crippen LogP contribution in [0.15, 0.2) is 30.3 Å². The van der Waals surface area contributed by atoms with Crippen molar-refractivity contribution >= 4 is 53.0 Å². The smallest absolute Gasteiger partial charge is 0.265 e. The van der Waals surface area contributed by atoms with Crippen molar-refractivity contribution in [1.82, 2.24) is 10.9 Å². The lowest BCUT2D eigenvalue weighted by molar-refractivity contribution is 0.0925. The maximum atomic E-state index is 12.0. The number of carbonyl (C=O) groups excluding carboxylic acids is 1. The molecule has 3 nitrogen and oxygen atoms in total. The maximum Gasteiger partial charge on any atom is 0.265 e. The summed E-state index contributed by atoms with van der Waals surface area (Å²) in [6, 6.07) is 9.41. The highest BCUT2D eigenvalue weighted by molar-refractivity contribution is 6.64. The standard InChI is InChI=1S/C10H20B6N2O/c11-9(12,13)8(10(14,15)16)18-17-7(19)6-4-2-1-3-5-6/h1-5,8,18H,11-16H2,(H,17,19). The Morgan fingerprint density at radius 2 is 1.42 bits per heavy atom. The van der Waals surface area contributed by atoms with Gasteiger partial charge in [-0.2, -0.15) is 0 Å². The van der Waals surface area contributed by atoms with Gasteiger partial charge in [-0.25, -0.2) is 5.43 Å². The molecule has 0 heterocycles. The molecule has 94 valence electrons. The van der Waals surface area contributed by atoms with Crippen LogP contribution in [0, 0.1) is 0 Å². The highest BCUT2D eigenvalue weighted by Crippen LogP contribution is 2.29. The van der Waals surface area contributed by atoms with Crippen molar-refractivity contribution < 1.29 is 4.79 Å². The first-order valence-corrected chi connectivity index (χ1v) is 6.73. The molecule has 0 aromatic heterocycles. The van der Waals surface area contributed by atoms with Gasteiger partial charge in [-0.1, -0.05) is 28.4 Å². The Hall–Kier alpha value is -0.960. The Morgan fingerprint density at radius 3 is 1.84 bits per heavy atom. The summed E-state index contributed by atoms with van der Waals surface area (Å²) in [5.41, 5.74) is 6.69. The van der Waals surface area contributed by atoms with E-state index in [0.29, 0.717) is 5.56 Å². The van der Waals surface area contributed by atoms with Crippen LogP contribution in [0.4, 0.5) is 0 Å². The summed E-state index contributed by atoms with van der Waals surface area (Å²) in [7, 11) is 13.0. The summed E-state index contributed by atoms with van der Waals surface area (Å²) < 4.78 is 0. The lowest BCUT2D eigenvalue weighted by Gasteiger charge is -2.42. The Morgan fingerprint density at radius 1 is 0.947 bits per heavy atom. The average molecular weight is 249 g/mol. The number of hydrogen-bond donors (Lipinski definition) is 2. The molecule has 0 radical (unpaired) electrons. The van der Waals surface area contributed by atoms with Crippen molar-refractivity contribution in [2.24, 2.45) is 0 Å². The normalized spacial score (nSPS) is 12.3. The van der Waals surface area contributed by atoms with Crippen LogP contribution < -0.4 is 10.9 Å². The van der Waals surface area contributed by atoms with Gasteiger partial charge in [0.1, 0.15) is 0 Å². The van der Waals surface area contributed by atoms with E-state index in [1.165, 1.54) is 0 Å². The van der Waals surface area contributed by atoms with Gasteiger partial charge in [-0.15, -0.1) is 0 Å². The fourth-order valence-corrected chi connectivity index (χ4v) is 2.53. The fraction of sp³-hybridized carbons (Fsp3) is 0.300. The van der Waals surface area contributed by atoms with Crippen LogP contribution in [0.3, 0.4) is 0 Å². The topological polar surface area (TPSA) is 41.1 Å². The molecule has 0 atom stereocenters. The second kappa shape index (κ2) is 6.00. The molecule has 0 aliphatic heterocycles. The first-order valence-electron chi connectivity index (χ1n) is 6.73. The van der Waals surface area contributed by atoms with Crippen LogP contribution in [-0.2, 0) is 0 Å². The molecular weight excluding hydrogens is 229 g/mol. The third-order valence-corrected chi connectivity index (χ3v) is 3.10. The second-order valence-corrected chi connectivity index (χ2v) is 7.13. The third kappa shape index (κ3) is 4.90. The Kier molecular flexibility index (Phi) is 5.08. The molecule has 1 aromatic rings. The van der Waals surface area contributed by atoms with Crippen LogP contribution in [0.25, 0.3) is 0 Å². The summed E-state index contributed by atoms with van der Waals surface area (Å²) in [5, 5.41) is 0.116. The Balaban J connectivity index is 2.71. The van der Waals surface area contributed by atoms with Crippen molar-refractivity contribution in [2.75, 3.05) is 0 Å². The average Bonchev–Trinajstić information content (AvgIpc) is 2.26. The van der Waals surface area contributed by atoms with Gasteiger partial charge in [-0.3, -0.25) is 10.2 Å². The molecular formula is C10H20B6N2O. The van der Waals surface area contributed by atoms with E-state index in [1.54, 1.807) is 12.1 Å². The van der Waals surface area contributed by atoms with Gasteiger partial charge in [0.15, 0.2) is 0 Å². The van der Waals surface area contributed by atoms with E-state index in [4.69, 9.17) is 0 Å². The quantitative estimate of drug-likeness (QED) is 0.406. The molecule has 19 heavy (non-hydrogen) atoms. The lowest BCUT2D eigenvalue weighted by Crippen LogP contribution is -2.57. The summed E-state index contributed by atoms with van der Waals surface area (Å²) >= 11 is 0. The number of hydrogen-bond acceptors (Lipinski definition) is 2. The number of nitrogens with one attached hydrogen (secondary N) is 2. The number of carbonyl (C=O) groups is 1. The van der Waals surface area contributed by atoms with E-state index in [0.717, 1.165) is 0 Å². The molecule has 0 saturated carbocycles. The van der Waals surface area contributed by atoms with Crippen molar-refractivity contribution in [1.29, 1.82) is 0 Å². The highest BCUT2D eigenvalue weighted by Gasteiger charge is 2.34. The van der Waals surface area contributed by atoms with Gasteiger partial charge in [-0.05, 0) is 18.2 Å². The first-order chi connectivity index (χ1) is 8.62. The van der Waals surface area contributed by atoms with E-state index in [9.17, 15) is 4.79 Å².